The Morgan fingerprint density at radius 3 is 2.75 bits per heavy atom. The van der Waals surface area contributed by atoms with Crippen molar-refractivity contribution in [1.82, 2.24) is 15.2 Å². The van der Waals surface area contributed by atoms with Crippen LogP contribution in [0.3, 0.4) is 0 Å². The second-order valence-corrected chi connectivity index (χ2v) is 5.87. The minimum atomic E-state index is 0.0487. The maximum Gasteiger partial charge on any atom is 0.224 e. The average Bonchev–Trinajstić information content (AvgIpc) is 2.92. The molecule has 1 amide bonds. The molecule has 0 saturated carbocycles. The molecular weight excluding hydrogens is 250 g/mol. The molecule has 0 bridgehead atoms. The third-order valence-electron chi connectivity index (χ3n) is 4.04. The fraction of sp³-hybridized carbons (Fsp3) is 0.625. The number of carbonyl (C=O) groups is 1. The summed E-state index contributed by atoms with van der Waals surface area (Å²) in [4.78, 5) is 18.8. The van der Waals surface area contributed by atoms with Crippen molar-refractivity contribution in [2.45, 2.75) is 40.2 Å². The van der Waals surface area contributed by atoms with Crippen LogP contribution < -0.4 is 5.32 Å². The van der Waals surface area contributed by atoms with Gasteiger partial charge in [-0.25, -0.2) is 0 Å². The fourth-order valence-corrected chi connectivity index (χ4v) is 2.60. The van der Waals surface area contributed by atoms with Gasteiger partial charge in [-0.1, -0.05) is 13.0 Å². The molecule has 1 aliphatic heterocycles. The first-order valence-electron chi connectivity index (χ1n) is 7.48. The molecule has 1 aromatic heterocycles. The number of amides is 1. The molecular formula is C16H25N3O. The molecule has 4 nitrogen and oxygen atoms in total. The number of hydrogen-bond donors (Lipinski definition) is 1. The summed E-state index contributed by atoms with van der Waals surface area (Å²) in [7, 11) is 0. The van der Waals surface area contributed by atoms with E-state index in [1.165, 1.54) is 18.4 Å². The van der Waals surface area contributed by atoms with Gasteiger partial charge in [0.2, 0.25) is 5.91 Å². The van der Waals surface area contributed by atoms with Gasteiger partial charge in [-0.3, -0.25) is 9.78 Å². The Morgan fingerprint density at radius 1 is 1.40 bits per heavy atom. The van der Waals surface area contributed by atoms with Crippen molar-refractivity contribution in [3.8, 4) is 0 Å². The molecule has 1 saturated heterocycles. The highest BCUT2D eigenvalue weighted by Crippen LogP contribution is 2.11. The number of rotatable bonds is 5. The summed E-state index contributed by atoms with van der Waals surface area (Å²) in [5.41, 5.74) is 3.28. The maximum absolute atomic E-state index is 12.1. The summed E-state index contributed by atoms with van der Waals surface area (Å²) in [6.07, 6.45) is 4.37. The van der Waals surface area contributed by atoms with E-state index in [0.717, 1.165) is 30.9 Å². The lowest BCUT2D eigenvalue weighted by molar-refractivity contribution is -0.125. The highest BCUT2D eigenvalue weighted by molar-refractivity contribution is 5.78. The van der Waals surface area contributed by atoms with Gasteiger partial charge in [0.05, 0.1) is 0 Å². The van der Waals surface area contributed by atoms with Crippen LogP contribution in [0.15, 0.2) is 12.3 Å². The van der Waals surface area contributed by atoms with Gasteiger partial charge in [-0.2, -0.15) is 0 Å². The summed E-state index contributed by atoms with van der Waals surface area (Å²) in [6, 6.07) is 2.09. The first-order valence-corrected chi connectivity index (χ1v) is 7.48. The van der Waals surface area contributed by atoms with E-state index in [1.54, 1.807) is 0 Å². The summed E-state index contributed by atoms with van der Waals surface area (Å²) in [5.74, 6) is 0.183. The molecule has 1 atom stereocenters. The summed E-state index contributed by atoms with van der Waals surface area (Å²) >= 11 is 0. The van der Waals surface area contributed by atoms with E-state index < -0.39 is 0 Å². The molecule has 4 heteroatoms. The molecule has 0 aromatic carbocycles. The van der Waals surface area contributed by atoms with Gasteiger partial charge in [0.25, 0.3) is 0 Å². The predicted molar refractivity (Wildman–Crippen MR) is 80.4 cm³/mol. The number of hydrogen-bond acceptors (Lipinski definition) is 3. The minimum absolute atomic E-state index is 0.0487. The number of likely N-dealkylation sites (tertiary alicyclic amines) is 1. The van der Waals surface area contributed by atoms with E-state index in [1.807, 2.05) is 27.0 Å². The molecule has 2 rings (SSSR count). The highest BCUT2D eigenvalue weighted by atomic mass is 16.1. The van der Waals surface area contributed by atoms with E-state index in [2.05, 4.69) is 21.3 Å². The van der Waals surface area contributed by atoms with Gasteiger partial charge in [0.15, 0.2) is 0 Å². The molecule has 20 heavy (non-hydrogen) atoms. The molecule has 1 aromatic rings. The molecule has 110 valence electrons. The van der Waals surface area contributed by atoms with Crippen molar-refractivity contribution in [2.75, 3.05) is 19.6 Å². The van der Waals surface area contributed by atoms with Gasteiger partial charge >= 0.3 is 0 Å². The third kappa shape index (κ3) is 4.04. The number of aryl methyl sites for hydroxylation is 2. The maximum atomic E-state index is 12.1. The highest BCUT2D eigenvalue weighted by Gasteiger charge is 2.19. The second kappa shape index (κ2) is 6.84. The van der Waals surface area contributed by atoms with Crippen molar-refractivity contribution in [3.05, 3.63) is 29.1 Å². The van der Waals surface area contributed by atoms with Gasteiger partial charge in [0, 0.05) is 30.9 Å². The fourth-order valence-electron chi connectivity index (χ4n) is 2.60. The summed E-state index contributed by atoms with van der Waals surface area (Å²) in [5, 5.41) is 3.01. The zero-order valence-electron chi connectivity index (χ0n) is 12.8. The van der Waals surface area contributed by atoms with Crippen LogP contribution in [0.5, 0.6) is 0 Å². The van der Waals surface area contributed by atoms with Crippen LogP contribution >= 0.6 is 0 Å². The molecule has 1 N–H and O–H groups in total. The number of carbonyl (C=O) groups excluding carboxylic acids is 1. The standard InChI is InChI=1S/C16H25N3O/c1-12-8-15(9-17-14(12)3)10-18-16(20)13(2)11-19-6-4-5-7-19/h8-9,13H,4-7,10-11H2,1-3H3,(H,18,20)/t13-/m0/s1. The van der Waals surface area contributed by atoms with Crippen molar-refractivity contribution in [3.63, 3.8) is 0 Å². The first-order chi connectivity index (χ1) is 9.56. The van der Waals surface area contributed by atoms with E-state index in [-0.39, 0.29) is 11.8 Å². The van der Waals surface area contributed by atoms with Crippen LogP contribution in [-0.2, 0) is 11.3 Å². The molecule has 0 unspecified atom stereocenters. The van der Waals surface area contributed by atoms with E-state index in [9.17, 15) is 4.79 Å². The van der Waals surface area contributed by atoms with Gasteiger partial charge in [-0.05, 0) is 50.9 Å². The predicted octanol–water partition coefficient (Wildman–Crippen LogP) is 2.05. The number of nitrogens with one attached hydrogen (secondary N) is 1. The normalized spacial score (nSPS) is 17.1. The lowest BCUT2D eigenvalue weighted by Gasteiger charge is -2.19. The van der Waals surface area contributed by atoms with Crippen LogP contribution in [0.2, 0.25) is 0 Å². The Morgan fingerprint density at radius 2 is 2.10 bits per heavy atom. The summed E-state index contributed by atoms with van der Waals surface area (Å²) < 4.78 is 0. The molecule has 2 heterocycles. The molecule has 1 aliphatic rings. The zero-order chi connectivity index (χ0) is 14.5. The molecule has 0 spiro atoms. The number of pyridine rings is 1. The van der Waals surface area contributed by atoms with Gasteiger partial charge < -0.3 is 10.2 Å². The van der Waals surface area contributed by atoms with Crippen LogP contribution in [-0.4, -0.2) is 35.4 Å². The Hall–Kier alpha value is -1.42. The van der Waals surface area contributed by atoms with Gasteiger partial charge in [0.1, 0.15) is 0 Å². The van der Waals surface area contributed by atoms with Crippen molar-refractivity contribution >= 4 is 5.91 Å². The van der Waals surface area contributed by atoms with Crippen molar-refractivity contribution < 1.29 is 4.79 Å². The van der Waals surface area contributed by atoms with Gasteiger partial charge in [-0.15, -0.1) is 0 Å². The van der Waals surface area contributed by atoms with E-state index in [0.29, 0.717) is 6.54 Å². The minimum Gasteiger partial charge on any atom is -0.352 e. The van der Waals surface area contributed by atoms with Crippen molar-refractivity contribution in [2.24, 2.45) is 5.92 Å². The smallest absolute Gasteiger partial charge is 0.224 e. The number of aromatic nitrogens is 1. The molecule has 0 radical (unpaired) electrons. The average molecular weight is 275 g/mol. The first kappa shape index (κ1) is 15.0. The molecule has 1 fully saturated rings. The second-order valence-electron chi connectivity index (χ2n) is 5.87. The topological polar surface area (TPSA) is 45.2 Å². The third-order valence-corrected chi connectivity index (χ3v) is 4.04. The zero-order valence-corrected chi connectivity index (χ0v) is 12.8. The van der Waals surface area contributed by atoms with E-state index in [4.69, 9.17) is 0 Å². The lowest BCUT2D eigenvalue weighted by Crippen LogP contribution is -2.36. The Balaban J connectivity index is 1.80. The Bertz CT molecular complexity index is 467. The quantitative estimate of drug-likeness (QED) is 0.894. The SMILES string of the molecule is Cc1cc(CNC(=O)[C@@H](C)CN2CCCC2)cnc1C. The Labute approximate surface area is 121 Å². The van der Waals surface area contributed by atoms with E-state index >= 15 is 0 Å². The number of nitrogens with zero attached hydrogens (tertiary/aromatic N) is 2. The summed E-state index contributed by atoms with van der Waals surface area (Å²) in [6.45, 7) is 9.76. The monoisotopic (exact) mass is 275 g/mol. The van der Waals surface area contributed by atoms with Crippen LogP contribution in [0.4, 0.5) is 0 Å². The lowest BCUT2D eigenvalue weighted by atomic mass is 10.1. The molecule has 0 aliphatic carbocycles. The largest absolute Gasteiger partial charge is 0.352 e. The van der Waals surface area contributed by atoms with Crippen LogP contribution in [0.25, 0.3) is 0 Å². The Kier molecular flexibility index (Phi) is 5.12. The van der Waals surface area contributed by atoms with Crippen LogP contribution in [0.1, 0.15) is 36.6 Å². The van der Waals surface area contributed by atoms with Crippen LogP contribution in [0, 0.1) is 19.8 Å². The van der Waals surface area contributed by atoms with Crippen molar-refractivity contribution in [1.29, 1.82) is 0 Å².